The summed E-state index contributed by atoms with van der Waals surface area (Å²) < 4.78 is 15.9. The molecule has 0 unspecified atom stereocenters. The first kappa shape index (κ1) is 18.5. The van der Waals surface area contributed by atoms with E-state index in [1.165, 1.54) is 24.1 Å². The van der Waals surface area contributed by atoms with Gasteiger partial charge >= 0.3 is 11.8 Å². The molecule has 23 heavy (non-hydrogen) atoms. The molecule has 0 N–H and O–H groups in total. The molecule has 0 aliphatic carbocycles. The number of anilines is 1. The summed E-state index contributed by atoms with van der Waals surface area (Å²) in [6.45, 7) is 7.48. The zero-order valence-electron chi connectivity index (χ0n) is 14.0. The second kappa shape index (κ2) is 8.21. The average molecular weight is 326 g/mol. The SMILES string of the molecule is CCOc1cc(N(C)C(=O)OC(C)C)cc([N+](=O)[O-])c1OCC. The zero-order valence-corrected chi connectivity index (χ0v) is 14.0. The fourth-order valence-electron chi connectivity index (χ4n) is 1.84. The van der Waals surface area contributed by atoms with E-state index in [2.05, 4.69) is 0 Å². The molecule has 0 saturated heterocycles. The molecule has 8 heteroatoms. The number of nitro groups is 1. The Bertz CT molecular complexity index is 573. The maximum Gasteiger partial charge on any atom is 0.414 e. The monoisotopic (exact) mass is 326 g/mol. The number of nitrogens with zero attached hydrogens (tertiary/aromatic N) is 2. The van der Waals surface area contributed by atoms with E-state index < -0.39 is 11.0 Å². The first-order chi connectivity index (χ1) is 10.8. The smallest absolute Gasteiger partial charge is 0.414 e. The van der Waals surface area contributed by atoms with Gasteiger partial charge in [0, 0.05) is 19.2 Å². The van der Waals surface area contributed by atoms with Gasteiger partial charge in [0.1, 0.15) is 0 Å². The molecule has 1 aromatic rings. The van der Waals surface area contributed by atoms with Gasteiger partial charge in [-0.3, -0.25) is 15.0 Å². The lowest BCUT2D eigenvalue weighted by atomic mass is 10.2. The van der Waals surface area contributed by atoms with Crippen molar-refractivity contribution >= 4 is 17.5 Å². The highest BCUT2D eigenvalue weighted by Crippen LogP contribution is 2.41. The predicted octanol–water partition coefficient (Wildman–Crippen LogP) is 3.37. The van der Waals surface area contributed by atoms with Crippen molar-refractivity contribution in [1.29, 1.82) is 0 Å². The Labute approximate surface area is 135 Å². The fraction of sp³-hybridized carbons (Fsp3) is 0.533. The number of hydrogen-bond donors (Lipinski definition) is 0. The van der Waals surface area contributed by atoms with Crippen LogP contribution in [0.5, 0.6) is 11.5 Å². The number of carbonyl (C=O) groups is 1. The van der Waals surface area contributed by atoms with Crippen molar-refractivity contribution in [1.82, 2.24) is 0 Å². The van der Waals surface area contributed by atoms with Crippen LogP contribution in [0.25, 0.3) is 0 Å². The molecule has 1 amide bonds. The molecule has 0 saturated carbocycles. The summed E-state index contributed by atoms with van der Waals surface area (Å²) in [5, 5.41) is 11.3. The Kier molecular flexibility index (Phi) is 6.62. The molecule has 0 aliphatic rings. The van der Waals surface area contributed by atoms with E-state index in [4.69, 9.17) is 14.2 Å². The number of carbonyl (C=O) groups excluding carboxylic acids is 1. The zero-order chi connectivity index (χ0) is 17.6. The summed E-state index contributed by atoms with van der Waals surface area (Å²) in [7, 11) is 1.47. The van der Waals surface area contributed by atoms with Crippen molar-refractivity contribution in [3.63, 3.8) is 0 Å². The first-order valence-electron chi connectivity index (χ1n) is 7.34. The van der Waals surface area contributed by atoms with Crippen LogP contribution in [0.3, 0.4) is 0 Å². The second-order valence-electron chi connectivity index (χ2n) is 4.91. The van der Waals surface area contributed by atoms with E-state index >= 15 is 0 Å². The van der Waals surface area contributed by atoms with Crippen molar-refractivity contribution in [3.8, 4) is 11.5 Å². The number of amides is 1. The predicted molar refractivity (Wildman–Crippen MR) is 85.5 cm³/mol. The maximum atomic E-state index is 12.0. The third-order valence-electron chi connectivity index (χ3n) is 2.80. The van der Waals surface area contributed by atoms with Crippen LogP contribution in [0.2, 0.25) is 0 Å². The molecule has 0 bridgehead atoms. The van der Waals surface area contributed by atoms with Gasteiger partial charge in [0.15, 0.2) is 5.75 Å². The number of rotatable bonds is 7. The van der Waals surface area contributed by atoms with Gasteiger partial charge in [0.2, 0.25) is 5.75 Å². The maximum absolute atomic E-state index is 12.0. The lowest BCUT2D eigenvalue weighted by Gasteiger charge is -2.20. The van der Waals surface area contributed by atoms with Crippen LogP contribution >= 0.6 is 0 Å². The molecule has 0 radical (unpaired) electrons. The van der Waals surface area contributed by atoms with Gasteiger partial charge in [0.05, 0.1) is 29.9 Å². The fourth-order valence-corrected chi connectivity index (χ4v) is 1.84. The van der Waals surface area contributed by atoms with Gasteiger partial charge in [-0.25, -0.2) is 4.79 Å². The Morgan fingerprint density at radius 1 is 1.26 bits per heavy atom. The summed E-state index contributed by atoms with van der Waals surface area (Å²) >= 11 is 0. The number of ether oxygens (including phenoxy) is 3. The Morgan fingerprint density at radius 3 is 2.35 bits per heavy atom. The van der Waals surface area contributed by atoms with Gasteiger partial charge in [0.25, 0.3) is 0 Å². The molecular formula is C15H22N2O6. The van der Waals surface area contributed by atoms with Crippen LogP contribution < -0.4 is 14.4 Å². The van der Waals surface area contributed by atoms with Gasteiger partial charge in [-0.1, -0.05) is 0 Å². The summed E-state index contributed by atoms with van der Waals surface area (Å²) in [5.74, 6) is 0.261. The van der Waals surface area contributed by atoms with Crippen molar-refractivity contribution in [2.45, 2.75) is 33.8 Å². The minimum Gasteiger partial charge on any atom is -0.490 e. The van der Waals surface area contributed by atoms with E-state index in [1.807, 2.05) is 0 Å². The highest BCUT2D eigenvalue weighted by atomic mass is 16.6. The lowest BCUT2D eigenvalue weighted by Crippen LogP contribution is -2.29. The molecule has 0 aliphatic heterocycles. The minimum absolute atomic E-state index is 0.0497. The number of benzene rings is 1. The number of nitro benzene ring substituents is 1. The van der Waals surface area contributed by atoms with Gasteiger partial charge < -0.3 is 14.2 Å². The van der Waals surface area contributed by atoms with Crippen LogP contribution in [0.15, 0.2) is 12.1 Å². The van der Waals surface area contributed by atoms with Crippen molar-refractivity contribution in [2.75, 3.05) is 25.2 Å². The first-order valence-corrected chi connectivity index (χ1v) is 7.34. The highest BCUT2D eigenvalue weighted by Gasteiger charge is 2.25. The summed E-state index contributed by atoms with van der Waals surface area (Å²) in [6, 6.07) is 2.78. The quantitative estimate of drug-likeness (QED) is 0.563. The molecule has 0 aromatic heterocycles. The van der Waals surface area contributed by atoms with E-state index in [1.54, 1.807) is 27.7 Å². The lowest BCUT2D eigenvalue weighted by molar-refractivity contribution is -0.385. The Morgan fingerprint density at radius 2 is 1.87 bits per heavy atom. The highest BCUT2D eigenvalue weighted by molar-refractivity contribution is 5.88. The summed E-state index contributed by atoms with van der Waals surface area (Å²) in [4.78, 5) is 23.9. The molecule has 1 aromatic carbocycles. The molecule has 0 heterocycles. The molecule has 1 rings (SSSR count). The molecular weight excluding hydrogens is 304 g/mol. The topological polar surface area (TPSA) is 91.1 Å². The molecule has 8 nitrogen and oxygen atoms in total. The summed E-state index contributed by atoms with van der Waals surface area (Å²) in [6.07, 6.45) is -0.907. The van der Waals surface area contributed by atoms with E-state index in [0.29, 0.717) is 6.61 Å². The van der Waals surface area contributed by atoms with E-state index in [-0.39, 0.29) is 35.6 Å². The summed E-state index contributed by atoms with van der Waals surface area (Å²) in [5.41, 5.74) is 0.0197. The molecule has 0 fully saturated rings. The molecule has 0 atom stereocenters. The van der Waals surface area contributed by atoms with E-state index in [9.17, 15) is 14.9 Å². The molecule has 128 valence electrons. The van der Waals surface area contributed by atoms with Crippen molar-refractivity contribution < 1.29 is 23.9 Å². The van der Waals surface area contributed by atoms with Gasteiger partial charge in [-0.05, 0) is 27.7 Å². The van der Waals surface area contributed by atoms with Crippen molar-refractivity contribution in [2.24, 2.45) is 0 Å². The largest absolute Gasteiger partial charge is 0.490 e. The Balaban J connectivity index is 3.33. The standard InChI is InChI=1S/C15H22N2O6/c1-6-21-13-9-11(16(5)15(18)23-10(3)4)8-12(17(19)20)14(13)22-7-2/h8-10H,6-7H2,1-5H3. The van der Waals surface area contributed by atoms with E-state index in [0.717, 1.165) is 0 Å². The van der Waals surface area contributed by atoms with Gasteiger partial charge in [-0.2, -0.15) is 0 Å². The third kappa shape index (κ3) is 4.73. The van der Waals surface area contributed by atoms with Crippen LogP contribution in [-0.2, 0) is 4.74 Å². The molecule has 0 spiro atoms. The van der Waals surface area contributed by atoms with Crippen LogP contribution in [0.4, 0.5) is 16.2 Å². The van der Waals surface area contributed by atoms with Gasteiger partial charge in [-0.15, -0.1) is 0 Å². The number of hydrogen-bond acceptors (Lipinski definition) is 6. The average Bonchev–Trinajstić information content (AvgIpc) is 2.47. The van der Waals surface area contributed by atoms with Crippen molar-refractivity contribution in [3.05, 3.63) is 22.2 Å². The van der Waals surface area contributed by atoms with Crippen LogP contribution in [0.1, 0.15) is 27.7 Å². The third-order valence-corrected chi connectivity index (χ3v) is 2.80. The minimum atomic E-state index is -0.610. The Hall–Kier alpha value is -2.51. The van der Waals surface area contributed by atoms with Crippen LogP contribution in [0, 0.1) is 10.1 Å². The normalized spacial score (nSPS) is 10.3. The van der Waals surface area contributed by atoms with Crippen LogP contribution in [-0.4, -0.2) is 37.4 Å². The second-order valence-corrected chi connectivity index (χ2v) is 4.91.